The minimum absolute atomic E-state index is 0.0530. The highest BCUT2D eigenvalue weighted by Gasteiger charge is 2.15. The average molecular weight is 351 g/mol. The Morgan fingerprint density at radius 2 is 1.65 bits per heavy atom. The van der Waals surface area contributed by atoms with Gasteiger partial charge in [-0.2, -0.15) is 0 Å². The molecule has 122 valence electrons. The quantitative estimate of drug-likeness (QED) is 0.778. The predicted octanol–water partition coefficient (Wildman–Crippen LogP) is 4.72. The molecule has 0 aliphatic heterocycles. The van der Waals surface area contributed by atoms with Gasteiger partial charge in [-0.1, -0.05) is 35.3 Å². The highest BCUT2D eigenvalue weighted by molar-refractivity contribution is 6.42. The molecule has 5 heteroatoms. The number of rotatable bonds is 5. The molecule has 0 aliphatic rings. The van der Waals surface area contributed by atoms with Crippen molar-refractivity contribution in [2.45, 2.75) is 13.5 Å². The predicted molar refractivity (Wildman–Crippen MR) is 97.6 cm³/mol. The molecule has 0 saturated heterocycles. The maximum absolute atomic E-state index is 12.6. The minimum Gasteiger partial charge on any atom is -0.378 e. The van der Waals surface area contributed by atoms with Crippen molar-refractivity contribution in [3.05, 3.63) is 63.6 Å². The largest absolute Gasteiger partial charge is 0.378 e. The zero-order chi connectivity index (χ0) is 17.0. The first-order valence-corrected chi connectivity index (χ1v) is 8.18. The normalized spacial score (nSPS) is 10.5. The molecule has 2 rings (SSSR count). The van der Waals surface area contributed by atoms with Crippen molar-refractivity contribution in [3.8, 4) is 0 Å². The Labute approximate surface area is 147 Å². The number of hydrogen-bond donors (Lipinski definition) is 0. The highest BCUT2D eigenvalue weighted by atomic mass is 35.5. The molecule has 3 nitrogen and oxygen atoms in total. The third-order valence-corrected chi connectivity index (χ3v) is 4.40. The summed E-state index contributed by atoms with van der Waals surface area (Å²) >= 11 is 11.9. The van der Waals surface area contributed by atoms with E-state index in [0.717, 1.165) is 11.3 Å². The van der Waals surface area contributed by atoms with Gasteiger partial charge in [0.25, 0.3) is 5.91 Å². The first kappa shape index (κ1) is 17.6. The number of nitrogens with zero attached hydrogens (tertiary/aromatic N) is 2. The highest BCUT2D eigenvalue weighted by Crippen LogP contribution is 2.23. The van der Waals surface area contributed by atoms with Gasteiger partial charge >= 0.3 is 0 Å². The number of hydrogen-bond acceptors (Lipinski definition) is 2. The van der Waals surface area contributed by atoms with E-state index < -0.39 is 0 Å². The van der Waals surface area contributed by atoms with Crippen LogP contribution in [0.25, 0.3) is 0 Å². The lowest BCUT2D eigenvalue weighted by Crippen LogP contribution is -2.30. The Hall–Kier alpha value is -1.71. The van der Waals surface area contributed by atoms with Gasteiger partial charge in [0.2, 0.25) is 0 Å². The molecule has 0 saturated carbocycles. The van der Waals surface area contributed by atoms with Gasteiger partial charge in [0.1, 0.15) is 0 Å². The Kier molecular flexibility index (Phi) is 5.91. The van der Waals surface area contributed by atoms with E-state index in [1.54, 1.807) is 23.1 Å². The summed E-state index contributed by atoms with van der Waals surface area (Å²) in [5.74, 6) is -0.0530. The molecule has 0 aromatic heterocycles. The van der Waals surface area contributed by atoms with Gasteiger partial charge in [-0.25, -0.2) is 0 Å². The fourth-order valence-corrected chi connectivity index (χ4v) is 2.56. The monoisotopic (exact) mass is 350 g/mol. The van der Waals surface area contributed by atoms with E-state index in [4.69, 9.17) is 23.2 Å². The zero-order valence-electron chi connectivity index (χ0n) is 13.5. The van der Waals surface area contributed by atoms with Crippen LogP contribution in [0, 0.1) is 0 Å². The van der Waals surface area contributed by atoms with Gasteiger partial charge in [-0.15, -0.1) is 0 Å². The summed E-state index contributed by atoms with van der Waals surface area (Å²) in [6.45, 7) is 3.14. The lowest BCUT2D eigenvalue weighted by molar-refractivity contribution is 0.0752. The second-order valence-electron chi connectivity index (χ2n) is 5.51. The van der Waals surface area contributed by atoms with Crippen LogP contribution in [0.15, 0.2) is 42.5 Å². The van der Waals surface area contributed by atoms with E-state index in [2.05, 4.69) is 0 Å². The van der Waals surface area contributed by atoms with Gasteiger partial charge in [-0.05, 0) is 42.8 Å². The van der Waals surface area contributed by atoms with Crippen molar-refractivity contribution in [1.82, 2.24) is 4.90 Å². The van der Waals surface area contributed by atoms with E-state index >= 15 is 0 Å². The zero-order valence-corrected chi connectivity index (χ0v) is 15.0. The first-order valence-electron chi connectivity index (χ1n) is 7.43. The average Bonchev–Trinajstić information content (AvgIpc) is 2.55. The molecular weight excluding hydrogens is 331 g/mol. The van der Waals surface area contributed by atoms with E-state index in [0.29, 0.717) is 28.7 Å². The number of amides is 1. The summed E-state index contributed by atoms with van der Waals surface area (Å²) in [5, 5.41) is 0.842. The van der Waals surface area contributed by atoms with E-state index in [1.807, 2.05) is 50.2 Å². The minimum atomic E-state index is -0.0530. The molecule has 1 amide bonds. The second-order valence-corrected chi connectivity index (χ2v) is 6.32. The van der Waals surface area contributed by atoms with Gasteiger partial charge in [-0.3, -0.25) is 4.79 Å². The molecule has 23 heavy (non-hydrogen) atoms. The fourth-order valence-electron chi connectivity index (χ4n) is 2.26. The molecule has 0 fully saturated rings. The number of benzene rings is 2. The molecule has 0 aliphatic carbocycles. The molecule has 2 aromatic rings. The number of carbonyl (C=O) groups excluding carboxylic acids is 1. The van der Waals surface area contributed by atoms with Crippen LogP contribution in [-0.4, -0.2) is 31.4 Å². The standard InChI is InChI=1S/C18H20Cl2N2O/c1-4-22(12-13-5-8-15(9-6-13)21(2)3)18(23)14-7-10-16(19)17(20)11-14/h5-11H,4,12H2,1-3H3. The number of anilines is 1. The second kappa shape index (κ2) is 7.71. The van der Waals surface area contributed by atoms with Crippen molar-refractivity contribution in [2.24, 2.45) is 0 Å². The summed E-state index contributed by atoms with van der Waals surface area (Å²) in [7, 11) is 4.00. The first-order chi connectivity index (χ1) is 10.9. The molecule has 0 bridgehead atoms. The topological polar surface area (TPSA) is 23.6 Å². The summed E-state index contributed by atoms with van der Waals surface area (Å²) in [4.78, 5) is 16.5. The van der Waals surface area contributed by atoms with Crippen LogP contribution in [0.1, 0.15) is 22.8 Å². The lowest BCUT2D eigenvalue weighted by atomic mass is 10.1. The van der Waals surface area contributed by atoms with E-state index in [9.17, 15) is 4.79 Å². The lowest BCUT2D eigenvalue weighted by Gasteiger charge is -2.22. The van der Waals surface area contributed by atoms with Crippen molar-refractivity contribution < 1.29 is 4.79 Å². The SMILES string of the molecule is CCN(Cc1ccc(N(C)C)cc1)C(=O)c1ccc(Cl)c(Cl)c1. The third kappa shape index (κ3) is 4.40. The van der Waals surface area contributed by atoms with Crippen molar-refractivity contribution in [3.63, 3.8) is 0 Å². The molecule has 0 radical (unpaired) electrons. The summed E-state index contributed by atoms with van der Waals surface area (Å²) in [5.41, 5.74) is 2.77. The van der Waals surface area contributed by atoms with E-state index in [-0.39, 0.29) is 5.91 Å². The van der Waals surface area contributed by atoms with Crippen LogP contribution >= 0.6 is 23.2 Å². The van der Waals surface area contributed by atoms with Crippen molar-refractivity contribution in [1.29, 1.82) is 0 Å². The van der Waals surface area contributed by atoms with Gasteiger partial charge in [0.05, 0.1) is 10.0 Å². The molecule has 0 spiro atoms. The Balaban J connectivity index is 2.15. The van der Waals surface area contributed by atoms with Gasteiger partial charge in [0, 0.05) is 38.4 Å². The van der Waals surface area contributed by atoms with E-state index in [1.165, 1.54) is 0 Å². The third-order valence-electron chi connectivity index (χ3n) is 3.66. The number of carbonyl (C=O) groups is 1. The molecule has 2 aromatic carbocycles. The van der Waals surface area contributed by atoms with Gasteiger partial charge < -0.3 is 9.80 Å². The van der Waals surface area contributed by atoms with Crippen LogP contribution in [-0.2, 0) is 6.54 Å². The maximum Gasteiger partial charge on any atom is 0.254 e. The van der Waals surface area contributed by atoms with Crippen molar-refractivity contribution in [2.75, 3.05) is 25.5 Å². The molecular formula is C18H20Cl2N2O. The Morgan fingerprint density at radius 1 is 1.00 bits per heavy atom. The Morgan fingerprint density at radius 3 is 2.17 bits per heavy atom. The fraction of sp³-hybridized carbons (Fsp3) is 0.278. The van der Waals surface area contributed by atoms with Crippen LogP contribution in [0.4, 0.5) is 5.69 Å². The Bertz CT molecular complexity index is 684. The van der Waals surface area contributed by atoms with Crippen LogP contribution in [0.3, 0.4) is 0 Å². The summed E-state index contributed by atoms with van der Waals surface area (Å²) in [6.07, 6.45) is 0. The van der Waals surface area contributed by atoms with Crippen LogP contribution in [0.5, 0.6) is 0 Å². The maximum atomic E-state index is 12.6. The van der Waals surface area contributed by atoms with Crippen LogP contribution in [0.2, 0.25) is 10.0 Å². The van der Waals surface area contributed by atoms with Gasteiger partial charge in [0.15, 0.2) is 0 Å². The summed E-state index contributed by atoms with van der Waals surface area (Å²) in [6, 6.07) is 13.1. The molecule has 0 unspecified atom stereocenters. The smallest absolute Gasteiger partial charge is 0.254 e. The molecule has 0 N–H and O–H groups in total. The number of halogens is 2. The molecule has 0 atom stereocenters. The molecule has 0 heterocycles. The van der Waals surface area contributed by atoms with Crippen molar-refractivity contribution >= 4 is 34.8 Å². The van der Waals surface area contributed by atoms with Crippen LogP contribution < -0.4 is 4.90 Å². The summed E-state index contributed by atoms with van der Waals surface area (Å²) < 4.78 is 0.